The molecule has 2 aromatic rings. The predicted molar refractivity (Wildman–Crippen MR) is 79.8 cm³/mol. The lowest BCUT2D eigenvalue weighted by Gasteiger charge is -2.18. The minimum Gasteiger partial charge on any atom is -0.384 e. The van der Waals surface area contributed by atoms with E-state index in [4.69, 9.17) is 4.98 Å². The molecule has 2 heterocycles. The molecular weight excluding hydrogens is 248 g/mol. The van der Waals surface area contributed by atoms with E-state index >= 15 is 0 Å². The number of anilines is 1. The van der Waals surface area contributed by atoms with Gasteiger partial charge in [0.25, 0.3) is 0 Å². The van der Waals surface area contributed by atoms with Crippen LogP contribution in [0.1, 0.15) is 49.4 Å². The van der Waals surface area contributed by atoms with Gasteiger partial charge in [-0.1, -0.05) is 31.4 Å². The fourth-order valence-corrected chi connectivity index (χ4v) is 3.39. The molecule has 1 fully saturated rings. The number of nitrogens with zero attached hydrogens (tertiary/aromatic N) is 2. The Hall–Kier alpha value is -1.84. The summed E-state index contributed by atoms with van der Waals surface area (Å²) in [6.45, 7) is 1.04. The number of fused-ring (bicyclic) bond motifs is 1. The van der Waals surface area contributed by atoms with Crippen LogP contribution in [-0.4, -0.2) is 21.7 Å². The minimum atomic E-state index is 0.581. The summed E-state index contributed by atoms with van der Waals surface area (Å²) in [4.78, 5) is 4.74. The van der Waals surface area contributed by atoms with E-state index in [1.165, 1.54) is 43.4 Å². The van der Waals surface area contributed by atoms with Crippen molar-refractivity contribution in [3.63, 3.8) is 0 Å². The van der Waals surface area contributed by atoms with Crippen LogP contribution < -0.4 is 5.32 Å². The molecule has 4 heteroatoms. The molecule has 1 aliphatic carbocycles. The Kier molecular flexibility index (Phi) is 2.94. The number of aromatic nitrogens is 3. The van der Waals surface area contributed by atoms with Crippen molar-refractivity contribution in [2.45, 2.75) is 44.4 Å². The van der Waals surface area contributed by atoms with Gasteiger partial charge in [-0.25, -0.2) is 4.98 Å². The van der Waals surface area contributed by atoms with Crippen LogP contribution in [0.2, 0.25) is 0 Å². The molecule has 104 valence electrons. The van der Waals surface area contributed by atoms with E-state index < -0.39 is 0 Å². The van der Waals surface area contributed by atoms with Crippen LogP contribution in [0.3, 0.4) is 0 Å². The van der Waals surface area contributed by atoms with E-state index in [-0.39, 0.29) is 0 Å². The van der Waals surface area contributed by atoms with Gasteiger partial charge in [-0.2, -0.15) is 5.10 Å². The molecule has 0 bridgehead atoms. The summed E-state index contributed by atoms with van der Waals surface area (Å²) in [5.41, 5.74) is 3.75. The molecule has 0 unspecified atom stereocenters. The van der Waals surface area contributed by atoms with Gasteiger partial charge in [-0.05, 0) is 30.9 Å². The van der Waals surface area contributed by atoms with Crippen LogP contribution in [-0.2, 0) is 6.42 Å². The van der Waals surface area contributed by atoms with Crippen LogP contribution >= 0.6 is 0 Å². The zero-order valence-electron chi connectivity index (χ0n) is 11.7. The summed E-state index contributed by atoms with van der Waals surface area (Å²) in [6.07, 6.45) is 7.64. The molecule has 4 nitrogen and oxygen atoms in total. The quantitative estimate of drug-likeness (QED) is 0.876. The van der Waals surface area contributed by atoms with Crippen molar-refractivity contribution in [1.82, 2.24) is 15.2 Å². The highest BCUT2D eigenvalue weighted by atomic mass is 15.2. The van der Waals surface area contributed by atoms with Crippen molar-refractivity contribution >= 4 is 5.69 Å². The molecule has 0 amide bonds. The van der Waals surface area contributed by atoms with E-state index in [2.05, 4.69) is 33.7 Å². The smallest absolute Gasteiger partial charge is 0.181 e. The molecule has 2 N–H and O–H groups in total. The summed E-state index contributed by atoms with van der Waals surface area (Å²) in [6, 6.07) is 6.51. The Labute approximate surface area is 119 Å². The minimum absolute atomic E-state index is 0.581. The molecule has 20 heavy (non-hydrogen) atoms. The third-order valence-corrected chi connectivity index (χ3v) is 4.57. The van der Waals surface area contributed by atoms with Crippen LogP contribution in [0.4, 0.5) is 5.69 Å². The highest BCUT2D eigenvalue weighted by Crippen LogP contribution is 2.32. The zero-order valence-corrected chi connectivity index (χ0v) is 11.7. The molecule has 1 aromatic heterocycles. The lowest BCUT2D eigenvalue weighted by molar-refractivity contribution is 0.429. The van der Waals surface area contributed by atoms with Gasteiger partial charge >= 0.3 is 0 Å². The number of nitrogens with one attached hydrogen (secondary N) is 2. The van der Waals surface area contributed by atoms with E-state index in [9.17, 15) is 0 Å². The summed E-state index contributed by atoms with van der Waals surface area (Å²) < 4.78 is 0. The van der Waals surface area contributed by atoms with E-state index in [0.29, 0.717) is 5.92 Å². The van der Waals surface area contributed by atoms with Crippen molar-refractivity contribution < 1.29 is 0 Å². The Morgan fingerprint density at radius 3 is 2.90 bits per heavy atom. The summed E-state index contributed by atoms with van der Waals surface area (Å²) in [5, 5.41) is 11.0. The molecular formula is C16H20N4. The van der Waals surface area contributed by atoms with Gasteiger partial charge in [0.05, 0.1) is 0 Å². The van der Waals surface area contributed by atoms with Crippen molar-refractivity contribution in [3.05, 3.63) is 29.6 Å². The number of H-pyrrole nitrogens is 1. The molecule has 0 saturated heterocycles. The first-order valence-electron chi connectivity index (χ1n) is 7.69. The zero-order chi connectivity index (χ0) is 13.4. The standard InChI is InChI=1S/C16H20N4/c1-2-4-12(5-3-1)15-18-16(20-19-15)13-7-6-11-8-9-17-14(11)10-13/h6-7,10,12,17H,1-5,8-9H2,(H,18,19,20). The van der Waals surface area contributed by atoms with Crippen LogP contribution in [0, 0.1) is 0 Å². The van der Waals surface area contributed by atoms with Gasteiger partial charge in [0.15, 0.2) is 5.82 Å². The Bertz CT molecular complexity index is 611. The van der Waals surface area contributed by atoms with Crippen LogP contribution in [0.25, 0.3) is 11.4 Å². The molecule has 1 aromatic carbocycles. The van der Waals surface area contributed by atoms with Gasteiger partial charge < -0.3 is 5.32 Å². The van der Waals surface area contributed by atoms with Crippen molar-refractivity contribution in [3.8, 4) is 11.4 Å². The highest BCUT2D eigenvalue weighted by Gasteiger charge is 2.20. The Balaban J connectivity index is 1.61. The van der Waals surface area contributed by atoms with Crippen molar-refractivity contribution in [1.29, 1.82) is 0 Å². The maximum Gasteiger partial charge on any atom is 0.181 e. The van der Waals surface area contributed by atoms with Gasteiger partial charge in [0.1, 0.15) is 5.82 Å². The van der Waals surface area contributed by atoms with E-state index in [1.54, 1.807) is 0 Å². The fourth-order valence-electron chi connectivity index (χ4n) is 3.39. The first-order valence-corrected chi connectivity index (χ1v) is 7.69. The van der Waals surface area contributed by atoms with Gasteiger partial charge in [0.2, 0.25) is 0 Å². The SMILES string of the molecule is c1cc2c(cc1-c1n[nH]c(C3CCCCC3)n1)NCC2. The highest BCUT2D eigenvalue weighted by molar-refractivity contribution is 5.67. The second-order valence-electron chi connectivity index (χ2n) is 5.93. The van der Waals surface area contributed by atoms with Gasteiger partial charge in [-0.3, -0.25) is 5.10 Å². The maximum absolute atomic E-state index is 4.74. The molecule has 0 spiro atoms. The third kappa shape index (κ3) is 2.09. The third-order valence-electron chi connectivity index (χ3n) is 4.57. The molecule has 1 saturated carbocycles. The second kappa shape index (κ2) is 4.93. The summed E-state index contributed by atoms with van der Waals surface area (Å²) >= 11 is 0. The average Bonchev–Trinajstić information content (AvgIpc) is 3.16. The normalized spacial score (nSPS) is 18.8. The first kappa shape index (κ1) is 11.9. The largest absolute Gasteiger partial charge is 0.384 e. The summed E-state index contributed by atoms with van der Waals surface area (Å²) in [5.74, 6) is 2.49. The lowest BCUT2D eigenvalue weighted by Crippen LogP contribution is -2.06. The van der Waals surface area contributed by atoms with Crippen LogP contribution in [0.5, 0.6) is 0 Å². The van der Waals surface area contributed by atoms with E-state index in [0.717, 1.165) is 30.2 Å². The molecule has 0 atom stereocenters. The molecule has 1 aliphatic heterocycles. The monoisotopic (exact) mass is 268 g/mol. The lowest BCUT2D eigenvalue weighted by atomic mass is 9.89. The first-order chi connectivity index (χ1) is 9.90. The van der Waals surface area contributed by atoms with Crippen molar-refractivity contribution in [2.24, 2.45) is 0 Å². The topological polar surface area (TPSA) is 53.6 Å². The number of aromatic amines is 1. The molecule has 4 rings (SSSR count). The molecule has 2 aliphatic rings. The number of rotatable bonds is 2. The number of hydrogen-bond acceptors (Lipinski definition) is 3. The maximum atomic E-state index is 4.74. The van der Waals surface area contributed by atoms with E-state index in [1.807, 2.05) is 0 Å². The Morgan fingerprint density at radius 1 is 1.10 bits per heavy atom. The number of hydrogen-bond donors (Lipinski definition) is 2. The predicted octanol–water partition coefficient (Wildman–Crippen LogP) is 3.49. The van der Waals surface area contributed by atoms with Gasteiger partial charge in [-0.15, -0.1) is 0 Å². The average molecular weight is 268 g/mol. The summed E-state index contributed by atoms with van der Waals surface area (Å²) in [7, 11) is 0. The number of benzene rings is 1. The Morgan fingerprint density at radius 2 is 2.00 bits per heavy atom. The second-order valence-corrected chi connectivity index (χ2v) is 5.93. The van der Waals surface area contributed by atoms with Crippen LogP contribution in [0.15, 0.2) is 18.2 Å². The molecule has 0 radical (unpaired) electrons. The fraction of sp³-hybridized carbons (Fsp3) is 0.500. The van der Waals surface area contributed by atoms with Gasteiger partial charge in [0, 0.05) is 23.7 Å². The van der Waals surface area contributed by atoms with Crippen molar-refractivity contribution in [2.75, 3.05) is 11.9 Å².